The first-order valence-electron chi connectivity index (χ1n) is 12.5. The highest BCUT2D eigenvalue weighted by Gasteiger charge is 2.51. The van der Waals surface area contributed by atoms with Crippen molar-refractivity contribution in [2.45, 2.75) is 44.0 Å². The van der Waals surface area contributed by atoms with E-state index in [0.29, 0.717) is 30.4 Å². The standard InChI is InChI=1S/C25H32F3N3O5S3/c1-24(32,25(26,27)28)19-9-11-20(12-10-19)31-14-13-29(39(35,36)23-6-4-3-5-22(23)37)16-21(31)17-30(38(2,33)34)15-18-7-8-18/h3-4,6,9-12,18,21,32H,5,7-8,13-17H2,1-2H3/t21-,24?/m1/s1. The maximum absolute atomic E-state index is 13.5. The summed E-state index contributed by atoms with van der Waals surface area (Å²) in [6.45, 7) is 1.22. The molecule has 216 valence electrons. The molecule has 0 amide bonds. The Morgan fingerprint density at radius 1 is 1.08 bits per heavy atom. The number of rotatable bonds is 9. The molecule has 1 aromatic carbocycles. The summed E-state index contributed by atoms with van der Waals surface area (Å²) in [5.41, 5.74) is -2.89. The van der Waals surface area contributed by atoms with E-state index in [1.54, 1.807) is 12.2 Å². The zero-order valence-corrected chi connectivity index (χ0v) is 24.1. The molecular weight excluding hydrogens is 575 g/mol. The molecule has 0 bridgehead atoms. The van der Waals surface area contributed by atoms with Crippen LogP contribution in [-0.2, 0) is 25.6 Å². The second kappa shape index (κ2) is 10.9. The van der Waals surface area contributed by atoms with Gasteiger partial charge < -0.3 is 10.0 Å². The summed E-state index contributed by atoms with van der Waals surface area (Å²) in [5.74, 6) is 0.247. The molecular formula is C25H32F3N3O5S3. The minimum Gasteiger partial charge on any atom is -0.376 e. The van der Waals surface area contributed by atoms with Crippen molar-refractivity contribution in [2.75, 3.05) is 43.9 Å². The van der Waals surface area contributed by atoms with E-state index in [1.165, 1.54) is 39.0 Å². The van der Waals surface area contributed by atoms with E-state index in [1.807, 2.05) is 4.90 Å². The predicted molar refractivity (Wildman–Crippen MR) is 147 cm³/mol. The summed E-state index contributed by atoms with van der Waals surface area (Å²) in [6, 6.07) is 4.60. The fraction of sp³-hybridized carbons (Fsp3) is 0.560. The van der Waals surface area contributed by atoms with Crippen LogP contribution in [0.3, 0.4) is 0 Å². The molecule has 3 aliphatic rings. The monoisotopic (exact) mass is 607 g/mol. The van der Waals surface area contributed by atoms with E-state index in [0.717, 1.165) is 19.1 Å². The van der Waals surface area contributed by atoms with Gasteiger partial charge >= 0.3 is 6.18 Å². The third-order valence-electron chi connectivity index (χ3n) is 7.38. The normalized spacial score (nSPS) is 23.2. The highest BCUT2D eigenvalue weighted by atomic mass is 32.2. The fourth-order valence-electron chi connectivity index (χ4n) is 4.74. The van der Waals surface area contributed by atoms with Crippen molar-refractivity contribution in [2.24, 2.45) is 5.92 Å². The zero-order chi connectivity index (χ0) is 28.8. The van der Waals surface area contributed by atoms with E-state index in [4.69, 9.17) is 12.2 Å². The molecule has 39 heavy (non-hydrogen) atoms. The predicted octanol–water partition coefficient (Wildman–Crippen LogP) is 3.16. The Balaban J connectivity index is 1.65. The highest BCUT2D eigenvalue weighted by Crippen LogP contribution is 2.39. The zero-order valence-electron chi connectivity index (χ0n) is 21.6. The first kappa shape index (κ1) is 30.1. The largest absolute Gasteiger partial charge is 0.421 e. The number of hydrogen-bond acceptors (Lipinski definition) is 7. The average Bonchev–Trinajstić information content (AvgIpc) is 3.67. The Morgan fingerprint density at radius 2 is 1.72 bits per heavy atom. The maximum atomic E-state index is 13.5. The van der Waals surface area contributed by atoms with Gasteiger partial charge in [0.25, 0.3) is 0 Å². The van der Waals surface area contributed by atoms with Crippen LogP contribution in [-0.4, -0.2) is 86.6 Å². The molecule has 1 saturated carbocycles. The van der Waals surface area contributed by atoms with Crippen LogP contribution in [0.25, 0.3) is 0 Å². The van der Waals surface area contributed by atoms with Crippen molar-refractivity contribution in [3.05, 3.63) is 53.0 Å². The van der Waals surface area contributed by atoms with E-state index in [9.17, 15) is 35.1 Å². The lowest BCUT2D eigenvalue weighted by molar-refractivity contribution is -0.258. The van der Waals surface area contributed by atoms with Crippen LogP contribution in [0.5, 0.6) is 0 Å². The number of sulfonamides is 2. The van der Waals surface area contributed by atoms with Gasteiger partial charge in [-0.05, 0) is 49.5 Å². The molecule has 0 aromatic heterocycles. The molecule has 1 saturated heterocycles. The van der Waals surface area contributed by atoms with Crippen LogP contribution in [0, 0.1) is 5.92 Å². The van der Waals surface area contributed by atoms with Crippen LogP contribution < -0.4 is 4.90 Å². The molecule has 14 heteroatoms. The molecule has 2 atom stereocenters. The second-order valence-electron chi connectivity index (χ2n) is 10.4. The van der Waals surface area contributed by atoms with Crippen molar-refractivity contribution < 1.29 is 35.1 Å². The molecule has 4 rings (SSSR count). The summed E-state index contributed by atoms with van der Waals surface area (Å²) < 4.78 is 94.9. The second-order valence-corrected chi connectivity index (χ2v) is 14.8. The number of benzene rings is 1. The van der Waals surface area contributed by atoms with Gasteiger partial charge in [0, 0.05) is 49.7 Å². The van der Waals surface area contributed by atoms with Gasteiger partial charge in [-0.15, -0.1) is 0 Å². The lowest BCUT2D eigenvalue weighted by Crippen LogP contribution is -2.59. The van der Waals surface area contributed by atoms with Crippen LogP contribution in [0.4, 0.5) is 18.9 Å². The maximum Gasteiger partial charge on any atom is 0.421 e. The first-order valence-corrected chi connectivity index (χ1v) is 16.2. The third kappa shape index (κ3) is 6.57. The Bertz CT molecular complexity index is 1370. The number of hydrogen-bond donors (Lipinski definition) is 1. The Kier molecular flexibility index (Phi) is 8.39. The molecule has 1 N–H and O–H groups in total. The molecule has 1 heterocycles. The summed E-state index contributed by atoms with van der Waals surface area (Å²) in [5, 5.41) is 10.0. The highest BCUT2D eigenvalue weighted by molar-refractivity contribution is 7.96. The summed E-state index contributed by atoms with van der Waals surface area (Å²) in [4.78, 5) is 2.16. The SMILES string of the molecule is CC(O)(c1ccc(N2CCN(S(=O)(=O)C3=CC=CCC3=S)C[C@@H]2CN(CC2CC2)S(C)(=O)=O)cc1)C(F)(F)F. The number of nitrogens with zero attached hydrogens (tertiary/aromatic N) is 3. The molecule has 8 nitrogen and oxygen atoms in total. The van der Waals surface area contributed by atoms with Gasteiger partial charge in [-0.2, -0.15) is 21.8 Å². The van der Waals surface area contributed by atoms with Gasteiger partial charge in [-0.3, -0.25) is 0 Å². The van der Waals surface area contributed by atoms with Crippen molar-refractivity contribution in [1.82, 2.24) is 8.61 Å². The average molecular weight is 608 g/mol. The Hall–Kier alpha value is -1.84. The van der Waals surface area contributed by atoms with E-state index < -0.39 is 37.9 Å². The number of anilines is 1. The molecule has 0 spiro atoms. The van der Waals surface area contributed by atoms with Crippen molar-refractivity contribution >= 4 is 42.8 Å². The lowest BCUT2D eigenvalue weighted by Gasteiger charge is -2.44. The number of piperazine rings is 1. The van der Waals surface area contributed by atoms with Gasteiger partial charge in [0.05, 0.1) is 17.2 Å². The number of allylic oxidation sites excluding steroid dienone is 4. The van der Waals surface area contributed by atoms with E-state index in [-0.39, 0.29) is 42.6 Å². The molecule has 2 aliphatic carbocycles. The van der Waals surface area contributed by atoms with E-state index in [2.05, 4.69) is 0 Å². The van der Waals surface area contributed by atoms with Crippen LogP contribution in [0.1, 0.15) is 31.7 Å². The van der Waals surface area contributed by atoms with Crippen LogP contribution in [0.2, 0.25) is 0 Å². The Morgan fingerprint density at radius 3 is 2.26 bits per heavy atom. The van der Waals surface area contributed by atoms with Crippen LogP contribution >= 0.6 is 12.2 Å². The minimum atomic E-state index is -4.88. The number of alkyl halides is 3. The summed E-state index contributed by atoms with van der Waals surface area (Å²) in [6.07, 6.45) is 3.27. The van der Waals surface area contributed by atoms with Gasteiger partial charge in [-0.25, -0.2) is 16.8 Å². The van der Waals surface area contributed by atoms with Crippen molar-refractivity contribution in [3.63, 3.8) is 0 Å². The molecule has 1 aromatic rings. The minimum absolute atomic E-state index is 0.00671. The summed E-state index contributed by atoms with van der Waals surface area (Å²) in [7, 11) is -7.56. The van der Waals surface area contributed by atoms with Gasteiger partial charge in [0.15, 0.2) is 5.60 Å². The molecule has 2 fully saturated rings. The number of aliphatic hydroxyl groups is 1. The van der Waals surface area contributed by atoms with Gasteiger partial charge in [0.1, 0.15) is 0 Å². The molecule has 1 aliphatic heterocycles. The van der Waals surface area contributed by atoms with Crippen molar-refractivity contribution in [3.8, 4) is 0 Å². The quantitative estimate of drug-likeness (QED) is 0.431. The fourth-order valence-corrected chi connectivity index (χ4v) is 7.74. The number of thiocarbonyl (C=S) groups is 1. The third-order valence-corrected chi connectivity index (χ3v) is 11.1. The first-order chi connectivity index (χ1) is 18.0. The molecule has 0 radical (unpaired) electrons. The topological polar surface area (TPSA) is 98.2 Å². The lowest BCUT2D eigenvalue weighted by atomic mass is 9.95. The van der Waals surface area contributed by atoms with Gasteiger partial charge in [-0.1, -0.05) is 36.5 Å². The van der Waals surface area contributed by atoms with Crippen molar-refractivity contribution in [1.29, 1.82) is 0 Å². The van der Waals surface area contributed by atoms with E-state index >= 15 is 0 Å². The van der Waals surface area contributed by atoms with Gasteiger partial charge in [0.2, 0.25) is 20.0 Å². The number of halogens is 3. The molecule has 1 unspecified atom stereocenters. The smallest absolute Gasteiger partial charge is 0.376 e. The summed E-state index contributed by atoms with van der Waals surface area (Å²) >= 11 is 5.29. The van der Waals surface area contributed by atoms with Crippen LogP contribution in [0.15, 0.2) is 47.4 Å². The Labute approximate surface area is 232 Å².